The topological polar surface area (TPSA) is 72.8 Å². The first-order chi connectivity index (χ1) is 10.5. The number of rotatable bonds is 7. The summed E-state index contributed by atoms with van der Waals surface area (Å²) in [6, 6.07) is 3.30. The lowest BCUT2D eigenvalue weighted by Gasteiger charge is -2.21. The number of fused-ring (bicyclic) bond motifs is 1. The normalized spacial score (nSPS) is 19.9. The summed E-state index contributed by atoms with van der Waals surface area (Å²) in [4.78, 5) is 24.5. The van der Waals surface area contributed by atoms with Crippen LogP contribution in [0.25, 0.3) is 0 Å². The third-order valence-corrected chi connectivity index (χ3v) is 4.74. The van der Waals surface area contributed by atoms with Crippen LogP contribution in [-0.2, 0) is 11.2 Å². The number of halogens is 1. The molecule has 0 saturated heterocycles. The molecule has 1 aliphatic carbocycles. The van der Waals surface area contributed by atoms with Crippen LogP contribution in [0.5, 0.6) is 11.5 Å². The van der Waals surface area contributed by atoms with E-state index in [1.54, 1.807) is 12.1 Å². The summed E-state index contributed by atoms with van der Waals surface area (Å²) in [7, 11) is 3.01. The Bertz CT molecular complexity index is 598. The van der Waals surface area contributed by atoms with E-state index in [9.17, 15) is 14.7 Å². The molecule has 1 aliphatic rings. The van der Waals surface area contributed by atoms with Crippen molar-refractivity contribution in [2.24, 2.45) is 5.41 Å². The van der Waals surface area contributed by atoms with Crippen molar-refractivity contribution in [1.82, 2.24) is 0 Å². The fourth-order valence-corrected chi connectivity index (χ4v) is 3.34. The van der Waals surface area contributed by atoms with Crippen molar-refractivity contribution in [3.8, 4) is 11.5 Å². The second-order valence-corrected chi connectivity index (χ2v) is 6.20. The highest BCUT2D eigenvalue weighted by atomic mass is 79.9. The summed E-state index contributed by atoms with van der Waals surface area (Å²) in [5.41, 5.74) is -0.218. The highest BCUT2D eigenvalue weighted by Crippen LogP contribution is 2.44. The van der Waals surface area contributed by atoms with Crippen LogP contribution in [0.1, 0.15) is 35.2 Å². The van der Waals surface area contributed by atoms with Crippen molar-refractivity contribution in [3.63, 3.8) is 0 Å². The van der Waals surface area contributed by atoms with Crippen molar-refractivity contribution in [3.05, 3.63) is 23.3 Å². The summed E-state index contributed by atoms with van der Waals surface area (Å²) in [6.07, 6.45) is 2.07. The molecule has 2 rings (SSSR count). The Labute approximate surface area is 137 Å². The van der Waals surface area contributed by atoms with Gasteiger partial charge in [-0.05, 0) is 37.0 Å². The van der Waals surface area contributed by atoms with Crippen LogP contribution in [0, 0.1) is 5.41 Å². The lowest BCUT2D eigenvalue weighted by atomic mass is 9.79. The van der Waals surface area contributed by atoms with Crippen molar-refractivity contribution < 1.29 is 24.2 Å². The lowest BCUT2D eigenvalue weighted by Crippen LogP contribution is -2.37. The van der Waals surface area contributed by atoms with E-state index in [2.05, 4.69) is 15.9 Å². The van der Waals surface area contributed by atoms with E-state index >= 15 is 0 Å². The molecule has 0 aromatic heterocycles. The number of carboxylic acids is 1. The minimum Gasteiger partial charge on any atom is -0.493 e. The summed E-state index contributed by atoms with van der Waals surface area (Å²) < 4.78 is 10.4. The highest BCUT2D eigenvalue weighted by Gasteiger charge is 2.51. The van der Waals surface area contributed by atoms with Crippen LogP contribution in [0.15, 0.2) is 12.1 Å². The Hall–Kier alpha value is -1.56. The SMILES string of the molecule is COc1cc2c(cc1OC)C(=O)C(CCCCBr)(C(=O)O)C2. The standard InChI is InChI=1S/C16H19BrO5/c1-21-12-7-10-9-16(15(19)20,5-3-4-6-17)14(18)11(10)8-13(12)22-2/h7-8H,3-6,9H2,1-2H3,(H,19,20). The van der Waals surface area contributed by atoms with Crippen molar-refractivity contribution in [1.29, 1.82) is 0 Å². The van der Waals surface area contributed by atoms with E-state index in [4.69, 9.17) is 9.47 Å². The van der Waals surface area contributed by atoms with Gasteiger partial charge in [0.2, 0.25) is 0 Å². The molecule has 0 radical (unpaired) electrons. The minimum atomic E-state index is -1.36. The number of aliphatic carboxylic acids is 1. The van der Waals surface area contributed by atoms with Crippen LogP contribution in [-0.4, -0.2) is 36.4 Å². The van der Waals surface area contributed by atoms with E-state index in [1.165, 1.54) is 14.2 Å². The Morgan fingerprint density at radius 3 is 2.45 bits per heavy atom. The van der Waals surface area contributed by atoms with E-state index < -0.39 is 11.4 Å². The molecule has 0 amide bonds. The molecule has 1 unspecified atom stereocenters. The molecule has 5 nitrogen and oxygen atoms in total. The van der Waals surface area contributed by atoms with E-state index in [1.807, 2.05) is 0 Å². The molecule has 1 aromatic rings. The van der Waals surface area contributed by atoms with Gasteiger partial charge in [-0.2, -0.15) is 0 Å². The summed E-state index contributed by atoms with van der Waals surface area (Å²) in [6.45, 7) is 0. The number of unbranched alkanes of at least 4 members (excludes halogenated alkanes) is 1. The van der Waals surface area contributed by atoms with Crippen LogP contribution in [0.2, 0.25) is 0 Å². The first-order valence-corrected chi connectivity index (χ1v) is 8.21. The fourth-order valence-electron chi connectivity index (χ4n) is 2.94. The van der Waals surface area contributed by atoms with Gasteiger partial charge in [0.1, 0.15) is 5.41 Å². The third kappa shape index (κ3) is 2.72. The number of carboxylic acid groups (broad SMARTS) is 1. The molecular weight excluding hydrogens is 352 g/mol. The van der Waals surface area contributed by atoms with E-state index in [0.29, 0.717) is 35.5 Å². The third-order valence-electron chi connectivity index (χ3n) is 4.18. The molecule has 0 fully saturated rings. The number of hydrogen-bond donors (Lipinski definition) is 1. The largest absolute Gasteiger partial charge is 0.493 e. The van der Waals surface area contributed by atoms with Crippen LogP contribution < -0.4 is 9.47 Å². The Kier molecular flexibility index (Phi) is 5.11. The van der Waals surface area contributed by atoms with Crippen molar-refractivity contribution in [2.45, 2.75) is 25.7 Å². The molecule has 22 heavy (non-hydrogen) atoms. The first kappa shape index (κ1) is 16.8. The van der Waals surface area contributed by atoms with Crippen molar-refractivity contribution in [2.75, 3.05) is 19.5 Å². The van der Waals surface area contributed by atoms with Gasteiger partial charge in [-0.15, -0.1) is 0 Å². The van der Waals surface area contributed by atoms with E-state index in [0.717, 1.165) is 11.8 Å². The summed E-state index contributed by atoms with van der Waals surface area (Å²) in [5.74, 6) is -0.432. The molecule has 0 bridgehead atoms. The van der Waals surface area contributed by atoms with Gasteiger partial charge in [0.05, 0.1) is 14.2 Å². The highest BCUT2D eigenvalue weighted by molar-refractivity contribution is 9.09. The second kappa shape index (κ2) is 6.69. The zero-order valence-electron chi connectivity index (χ0n) is 12.6. The second-order valence-electron chi connectivity index (χ2n) is 5.40. The monoisotopic (exact) mass is 370 g/mol. The maximum absolute atomic E-state index is 12.7. The van der Waals surface area contributed by atoms with Gasteiger partial charge in [-0.3, -0.25) is 9.59 Å². The van der Waals surface area contributed by atoms with Gasteiger partial charge in [0, 0.05) is 10.9 Å². The maximum atomic E-state index is 12.7. The first-order valence-electron chi connectivity index (χ1n) is 7.09. The number of hydrogen-bond acceptors (Lipinski definition) is 4. The Morgan fingerprint density at radius 2 is 1.91 bits per heavy atom. The molecule has 0 heterocycles. The molecule has 0 saturated carbocycles. The number of ketones is 1. The average molecular weight is 371 g/mol. The van der Waals surface area contributed by atoms with Gasteiger partial charge in [-0.25, -0.2) is 0 Å². The number of carbonyl (C=O) groups is 2. The fraction of sp³-hybridized carbons (Fsp3) is 0.500. The number of methoxy groups -OCH3 is 2. The van der Waals surface area contributed by atoms with Gasteiger partial charge in [-0.1, -0.05) is 22.4 Å². The number of Topliss-reactive ketones (excluding diaryl/α,β-unsaturated/α-hetero) is 1. The van der Waals surface area contributed by atoms with Crippen LogP contribution in [0.4, 0.5) is 0 Å². The van der Waals surface area contributed by atoms with Crippen LogP contribution in [0.3, 0.4) is 0 Å². The molecule has 1 aromatic carbocycles. The quantitative estimate of drug-likeness (QED) is 0.453. The van der Waals surface area contributed by atoms with Gasteiger partial charge >= 0.3 is 5.97 Å². The van der Waals surface area contributed by atoms with Crippen molar-refractivity contribution >= 4 is 27.7 Å². The van der Waals surface area contributed by atoms with Gasteiger partial charge in [0.25, 0.3) is 0 Å². The maximum Gasteiger partial charge on any atom is 0.317 e. The predicted molar refractivity (Wildman–Crippen MR) is 85.3 cm³/mol. The molecule has 1 N–H and O–H groups in total. The number of carbonyl (C=O) groups excluding carboxylic acids is 1. The molecule has 1 atom stereocenters. The molecular formula is C16H19BrO5. The number of ether oxygens (including phenoxy) is 2. The Balaban J connectivity index is 2.41. The zero-order valence-corrected chi connectivity index (χ0v) is 14.2. The smallest absolute Gasteiger partial charge is 0.317 e. The predicted octanol–water partition coefficient (Wildman–Crippen LogP) is 3.08. The summed E-state index contributed by atoms with van der Waals surface area (Å²) >= 11 is 3.33. The van der Waals surface area contributed by atoms with Crippen LogP contribution >= 0.6 is 15.9 Å². The molecule has 120 valence electrons. The number of alkyl halides is 1. The Morgan fingerprint density at radius 1 is 1.27 bits per heavy atom. The lowest BCUT2D eigenvalue weighted by molar-refractivity contribution is -0.146. The minimum absolute atomic E-state index is 0.207. The average Bonchev–Trinajstić information content (AvgIpc) is 2.79. The molecule has 6 heteroatoms. The number of benzene rings is 1. The van der Waals surface area contributed by atoms with Gasteiger partial charge in [0.15, 0.2) is 17.3 Å². The molecule has 0 aliphatic heterocycles. The zero-order chi connectivity index (χ0) is 16.3. The van der Waals surface area contributed by atoms with E-state index in [-0.39, 0.29) is 12.2 Å². The summed E-state index contributed by atoms with van der Waals surface area (Å²) in [5, 5.41) is 10.5. The molecule has 0 spiro atoms. The van der Waals surface area contributed by atoms with Gasteiger partial charge < -0.3 is 14.6 Å².